The monoisotopic (exact) mass is 156 g/mol. The molecule has 0 aromatic rings. The van der Waals surface area contributed by atoms with Gasteiger partial charge in [0.1, 0.15) is 0 Å². The summed E-state index contributed by atoms with van der Waals surface area (Å²) in [6.45, 7) is 1.71. The maximum atomic E-state index is 11.0. The Kier molecular flexibility index (Phi) is 4.07. The van der Waals surface area contributed by atoms with Gasteiger partial charge in [0.15, 0.2) is 0 Å². The van der Waals surface area contributed by atoms with Crippen LogP contribution in [0.5, 0.6) is 0 Å². The van der Waals surface area contributed by atoms with Gasteiger partial charge in [0.25, 0.3) is 0 Å². The number of hydrogen-bond donors (Lipinski definition) is 0. The van der Waals surface area contributed by atoms with Crippen molar-refractivity contribution in [2.75, 3.05) is 14.1 Å². The third-order valence-corrected chi connectivity index (χ3v) is 1.22. The Morgan fingerprint density at radius 1 is 1.73 bits per heavy atom. The van der Waals surface area contributed by atoms with Crippen molar-refractivity contribution in [2.45, 2.75) is 19.4 Å². The van der Waals surface area contributed by atoms with Gasteiger partial charge in [-0.25, -0.2) is 0 Å². The first-order valence-electron chi connectivity index (χ1n) is 3.32. The van der Waals surface area contributed by atoms with Crippen molar-refractivity contribution in [3.63, 3.8) is 0 Å². The fourth-order valence-corrected chi connectivity index (χ4v) is 0.564. The van der Waals surface area contributed by atoms with Crippen LogP contribution in [0.25, 0.3) is 10.4 Å². The quantitative estimate of drug-likeness (QED) is 0.343. The molecular formula is C6H12N4O. The van der Waals surface area contributed by atoms with Crippen LogP contribution in [-0.4, -0.2) is 30.9 Å². The van der Waals surface area contributed by atoms with Crippen LogP contribution < -0.4 is 0 Å². The zero-order valence-electron chi connectivity index (χ0n) is 6.98. The second kappa shape index (κ2) is 4.57. The summed E-state index contributed by atoms with van der Waals surface area (Å²) >= 11 is 0. The van der Waals surface area contributed by atoms with Gasteiger partial charge in [-0.1, -0.05) is 12.0 Å². The van der Waals surface area contributed by atoms with Crippen molar-refractivity contribution in [1.29, 1.82) is 0 Å². The molecule has 1 unspecified atom stereocenters. The van der Waals surface area contributed by atoms with Crippen molar-refractivity contribution in [3.8, 4) is 0 Å². The Bertz CT molecular complexity index is 183. The molecule has 11 heavy (non-hydrogen) atoms. The van der Waals surface area contributed by atoms with E-state index in [0.717, 1.165) is 0 Å². The second-order valence-corrected chi connectivity index (χ2v) is 2.55. The number of rotatable bonds is 3. The summed E-state index contributed by atoms with van der Waals surface area (Å²) in [5.74, 6) is -0.0232. The van der Waals surface area contributed by atoms with E-state index in [9.17, 15) is 4.79 Å². The molecule has 5 heteroatoms. The Morgan fingerprint density at radius 2 is 2.27 bits per heavy atom. The Balaban J connectivity index is 3.84. The summed E-state index contributed by atoms with van der Waals surface area (Å²) < 4.78 is 0. The summed E-state index contributed by atoms with van der Waals surface area (Å²) in [5, 5.41) is 3.38. The van der Waals surface area contributed by atoms with Gasteiger partial charge in [0.05, 0.1) is 0 Å². The van der Waals surface area contributed by atoms with Crippen LogP contribution in [0.15, 0.2) is 5.11 Å². The lowest BCUT2D eigenvalue weighted by molar-refractivity contribution is -0.128. The molecule has 0 N–H and O–H groups in total. The van der Waals surface area contributed by atoms with Crippen LogP contribution in [0.4, 0.5) is 0 Å². The average Bonchev–Trinajstić information content (AvgIpc) is 1.87. The predicted molar refractivity (Wildman–Crippen MR) is 41.9 cm³/mol. The molecule has 1 amide bonds. The maximum Gasteiger partial charge on any atom is 0.222 e. The first kappa shape index (κ1) is 9.78. The molecule has 62 valence electrons. The smallest absolute Gasteiger partial charge is 0.222 e. The Morgan fingerprint density at radius 3 is 2.64 bits per heavy atom. The van der Waals surface area contributed by atoms with E-state index in [1.165, 1.54) is 4.90 Å². The summed E-state index contributed by atoms with van der Waals surface area (Å²) in [6.07, 6.45) is 0.275. The topological polar surface area (TPSA) is 69.1 Å². The van der Waals surface area contributed by atoms with Gasteiger partial charge in [-0.2, -0.15) is 0 Å². The van der Waals surface area contributed by atoms with Crippen molar-refractivity contribution < 1.29 is 4.79 Å². The minimum absolute atomic E-state index is 0.0232. The van der Waals surface area contributed by atoms with Crippen molar-refractivity contribution in [1.82, 2.24) is 4.90 Å². The molecule has 0 rings (SSSR count). The average molecular weight is 156 g/mol. The molecule has 5 nitrogen and oxygen atoms in total. The Labute approximate surface area is 65.6 Å². The molecule has 1 atom stereocenters. The predicted octanol–water partition coefficient (Wildman–Crippen LogP) is 1.16. The van der Waals surface area contributed by atoms with Crippen molar-refractivity contribution >= 4 is 5.91 Å². The van der Waals surface area contributed by atoms with Crippen LogP contribution in [-0.2, 0) is 4.79 Å². The number of carbonyl (C=O) groups excluding carboxylic acids is 1. The number of carbonyl (C=O) groups is 1. The molecular weight excluding hydrogens is 144 g/mol. The van der Waals surface area contributed by atoms with Crippen LogP contribution in [0.3, 0.4) is 0 Å². The first-order valence-corrected chi connectivity index (χ1v) is 3.32. The number of hydrogen-bond acceptors (Lipinski definition) is 2. The van der Waals surface area contributed by atoms with Gasteiger partial charge in [-0.05, 0) is 5.53 Å². The first-order chi connectivity index (χ1) is 5.07. The van der Waals surface area contributed by atoms with E-state index in [-0.39, 0.29) is 18.4 Å². The molecule has 0 fully saturated rings. The van der Waals surface area contributed by atoms with E-state index >= 15 is 0 Å². The molecule has 0 aliphatic rings. The van der Waals surface area contributed by atoms with E-state index in [1.54, 1.807) is 21.0 Å². The minimum atomic E-state index is -0.255. The normalized spacial score (nSPS) is 11.5. The summed E-state index contributed by atoms with van der Waals surface area (Å²) in [7, 11) is 3.34. The van der Waals surface area contributed by atoms with Crippen molar-refractivity contribution in [3.05, 3.63) is 10.4 Å². The zero-order valence-corrected chi connectivity index (χ0v) is 6.98. The van der Waals surface area contributed by atoms with Crippen LogP contribution in [0.2, 0.25) is 0 Å². The highest BCUT2D eigenvalue weighted by molar-refractivity contribution is 5.76. The van der Waals surface area contributed by atoms with Crippen LogP contribution in [0.1, 0.15) is 13.3 Å². The van der Waals surface area contributed by atoms with Gasteiger partial charge in [-0.15, -0.1) is 0 Å². The molecule has 0 heterocycles. The Hall–Kier alpha value is -1.22. The third-order valence-electron chi connectivity index (χ3n) is 1.22. The highest BCUT2D eigenvalue weighted by atomic mass is 16.2. The third kappa shape index (κ3) is 4.22. The zero-order chi connectivity index (χ0) is 8.85. The second-order valence-electron chi connectivity index (χ2n) is 2.55. The molecule has 0 radical (unpaired) electrons. The SMILES string of the molecule is CC(CC(=O)N(C)C)N=[N+]=[N-]. The van der Waals surface area contributed by atoms with E-state index in [1.807, 2.05) is 0 Å². The lowest BCUT2D eigenvalue weighted by Gasteiger charge is -2.10. The van der Waals surface area contributed by atoms with Crippen LogP contribution in [0, 0.1) is 0 Å². The highest BCUT2D eigenvalue weighted by Crippen LogP contribution is 1.98. The van der Waals surface area contributed by atoms with Gasteiger partial charge < -0.3 is 4.90 Å². The molecule has 0 saturated carbocycles. The number of nitrogens with zero attached hydrogens (tertiary/aromatic N) is 4. The molecule has 0 aliphatic carbocycles. The van der Waals surface area contributed by atoms with Gasteiger partial charge in [0, 0.05) is 31.5 Å². The van der Waals surface area contributed by atoms with Gasteiger partial charge in [-0.3, -0.25) is 4.79 Å². The van der Waals surface area contributed by atoms with Gasteiger partial charge in [0.2, 0.25) is 5.91 Å². The summed E-state index contributed by atoms with van der Waals surface area (Å²) in [6, 6.07) is -0.255. The van der Waals surface area contributed by atoms with E-state index in [2.05, 4.69) is 10.0 Å². The standard InChI is InChI=1S/C6H12N4O/c1-5(8-9-7)4-6(11)10(2)3/h5H,4H2,1-3H3. The molecule has 0 aliphatic heterocycles. The summed E-state index contributed by atoms with van der Waals surface area (Å²) in [5.41, 5.74) is 8.02. The summed E-state index contributed by atoms with van der Waals surface area (Å²) in [4.78, 5) is 15.0. The van der Waals surface area contributed by atoms with Gasteiger partial charge >= 0.3 is 0 Å². The lowest BCUT2D eigenvalue weighted by Crippen LogP contribution is -2.24. The van der Waals surface area contributed by atoms with Crippen LogP contribution >= 0.6 is 0 Å². The molecule has 0 aromatic heterocycles. The van der Waals surface area contributed by atoms with E-state index in [4.69, 9.17) is 5.53 Å². The maximum absolute atomic E-state index is 11.0. The van der Waals surface area contributed by atoms with Crippen molar-refractivity contribution in [2.24, 2.45) is 5.11 Å². The highest BCUT2D eigenvalue weighted by Gasteiger charge is 2.07. The largest absolute Gasteiger partial charge is 0.349 e. The molecule has 0 saturated heterocycles. The fourth-order valence-electron chi connectivity index (χ4n) is 0.564. The number of amides is 1. The molecule has 0 bridgehead atoms. The number of azide groups is 1. The van der Waals surface area contributed by atoms with E-state index < -0.39 is 0 Å². The molecule has 0 aromatic carbocycles. The lowest BCUT2D eigenvalue weighted by atomic mass is 10.2. The molecule has 0 spiro atoms. The van der Waals surface area contributed by atoms with E-state index in [0.29, 0.717) is 0 Å². The minimum Gasteiger partial charge on any atom is -0.349 e. The fraction of sp³-hybridized carbons (Fsp3) is 0.833.